The third-order valence-corrected chi connectivity index (χ3v) is 5.22. The van der Waals surface area contributed by atoms with Crippen molar-refractivity contribution in [3.05, 3.63) is 0 Å². The van der Waals surface area contributed by atoms with Crippen LogP contribution >= 0.6 is 0 Å². The number of hydrogen-bond acceptors (Lipinski definition) is 3. The maximum absolute atomic E-state index is 10.6. The molecule has 0 rings (SSSR count). The number of carbonyl (C=O) groups is 1. The first-order valence-corrected chi connectivity index (χ1v) is 11.1. The van der Waals surface area contributed by atoms with Crippen LogP contribution in [0.5, 0.6) is 0 Å². The summed E-state index contributed by atoms with van der Waals surface area (Å²) in [6.07, 6.45) is 17.9. The van der Waals surface area contributed by atoms with Gasteiger partial charge in [0.2, 0.25) is 0 Å². The van der Waals surface area contributed by atoms with E-state index in [1.54, 1.807) is 0 Å². The predicted molar refractivity (Wildman–Crippen MR) is 107 cm³/mol. The molecule has 4 heteroatoms. The Hall–Kier alpha value is 0.0274. The van der Waals surface area contributed by atoms with Crippen LogP contribution in [0.25, 0.3) is 0 Å². The summed E-state index contributed by atoms with van der Waals surface area (Å²) in [5, 5.41) is 10.6. The Labute approximate surface area is 175 Å². The Morgan fingerprint density at radius 1 is 0.769 bits per heavy atom. The van der Waals surface area contributed by atoms with Gasteiger partial charge in [-0.2, -0.15) is 0 Å². The van der Waals surface area contributed by atoms with Crippen molar-refractivity contribution in [3.8, 4) is 0 Å². The second kappa shape index (κ2) is 21.3. The molecule has 26 heavy (non-hydrogen) atoms. The Morgan fingerprint density at radius 2 is 1.19 bits per heavy atom. The van der Waals surface area contributed by atoms with E-state index in [4.69, 9.17) is 0 Å². The molecule has 0 radical (unpaired) electrons. The van der Waals surface area contributed by atoms with E-state index in [-0.39, 0.29) is 25.3 Å². The van der Waals surface area contributed by atoms with Gasteiger partial charge in [-0.25, -0.2) is 0 Å². The molecule has 3 nitrogen and oxygen atoms in total. The molecule has 0 aliphatic heterocycles. The summed E-state index contributed by atoms with van der Waals surface area (Å²) < 4.78 is 0. The number of carboxylic acid groups (broad SMARTS) is 1. The quantitative estimate of drug-likeness (QED) is 0.262. The minimum atomic E-state index is -0.911. The van der Waals surface area contributed by atoms with Crippen molar-refractivity contribution in [1.82, 2.24) is 4.90 Å². The molecule has 0 aliphatic carbocycles. The molecule has 0 bridgehead atoms. The summed E-state index contributed by atoms with van der Waals surface area (Å²) in [7, 11) is 0. The number of hydrogen-bond donors (Lipinski definition) is 0. The van der Waals surface area contributed by atoms with Gasteiger partial charge in [-0.3, -0.25) is 0 Å². The van der Waals surface area contributed by atoms with Crippen molar-refractivity contribution in [3.63, 3.8) is 0 Å². The van der Waals surface area contributed by atoms with E-state index < -0.39 is 5.97 Å². The fourth-order valence-corrected chi connectivity index (χ4v) is 3.47. The average molecular weight is 362 g/mol. The number of carbonyl (C=O) groups excluding carboxylic acids is 1. The molecule has 1 unspecified atom stereocenters. The van der Waals surface area contributed by atoms with Crippen molar-refractivity contribution in [2.75, 3.05) is 13.1 Å². The first-order valence-electron chi connectivity index (χ1n) is 11.1. The van der Waals surface area contributed by atoms with E-state index >= 15 is 0 Å². The maximum atomic E-state index is 10.6. The summed E-state index contributed by atoms with van der Waals surface area (Å²) in [4.78, 5) is 13.2. The van der Waals surface area contributed by atoms with Crippen molar-refractivity contribution >= 4 is 5.97 Å². The van der Waals surface area contributed by atoms with Gasteiger partial charge < -0.3 is 14.8 Å². The van der Waals surface area contributed by atoms with Crippen LogP contribution in [0.4, 0.5) is 0 Å². The number of nitrogens with zero attached hydrogens (tertiary/aromatic N) is 1. The van der Waals surface area contributed by atoms with Crippen molar-refractivity contribution < 1.29 is 28.8 Å². The van der Waals surface area contributed by atoms with Crippen LogP contribution in [-0.4, -0.2) is 30.0 Å². The molecule has 150 valence electrons. The third-order valence-electron chi connectivity index (χ3n) is 5.22. The molecule has 0 amide bonds. The van der Waals surface area contributed by atoms with Crippen LogP contribution < -0.4 is 24.0 Å². The second-order valence-electron chi connectivity index (χ2n) is 7.68. The van der Waals surface area contributed by atoms with Gasteiger partial charge in [-0.1, -0.05) is 78.1 Å². The molecule has 0 aromatic heterocycles. The van der Waals surface area contributed by atoms with Crippen LogP contribution in [0.2, 0.25) is 0 Å². The fourth-order valence-electron chi connectivity index (χ4n) is 3.47. The van der Waals surface area contributed by atoms with Gasteiger partial charge in [-0.15, -0.1) is 0 Å². The standard InChI is InChI=1S/C22H45NO2.Li/c1-4-6-8-10-12-14-19-23(20-15-13-11-9-7-5-2)21(3)17-16-18-22(24)25;/h21H,4-20H2,1-3H3,(H,24,25);/q;+1/p-1. The summed E-state index contributed by atoms with van der Waals surface area (Å²) in [5.74, 6) is -0.911. The minimum absolute atomic E-state index is 0. The van der Waals surface area contributed by atoms with Crippen molar-refractivity contribution in [2.24, 2.45) is 0 Å². The van der Waals surface area contributed by atoms with Crippen LogP contribution in [0, 0.1) is 0 Å². The summed E-state index contributed by atoms with van der Waals surface area (Å²) >= 11 is 0. The van der Waals surface area contributed by atoms with E-state index in [1.165, 1.54) is 90.1 Å². The molecule has 0 aliphatic rings. The number of aliphatic carboxylic acids is 1. The van der Waals surface area contributed by atoms with E-state index in [0.717, 1.165) is 12.8 Å². The molecule has 0 saturated heterocycles. The first kappa shape index (κ1) is 28.2. The SMILES string of the molecule is CCCCCCCCN(CCCCCCCC)C(C)CCCC(=O)[O-].[Li+]. The van der Waals surface area contributed by atoms with Crippen LogP contribution in [0.1, 0.15) is 117 Å². The van der Waals surface area contributed by atoms with Crippen molar-refractivity contribution in [2.45, 2.75) is 123 Å². The number of rotatable bonds is 19. The van der Waals surface area contributed by atoms with Gasteiger partial charge in [0.1, 0.15) is 0 Å². The van der Waals surface area contributed by atoms with Gasteiger partial charge in [0, 0.05) is 12.0 Å². The fraction of sp³-hybridized carbons (Fsp3) is 0.955. The van der Waals surface area contributed by atoms with Gasteiger partial charge in [0.05, 0.1) is 0 Å². The Morgan fingerprint density at radius 3 is 1.62 bits per heavy atom. The Kier molecular flexibility index (Phi) is 23.2. The van der Waals surface area contributed by atoms with Gasteiger partial charge >= 0.3 is 18.9 Å². The third kappa shape index (κ3) is 18.8. The van der Waals surface area contributed by atoms with Crippen molar-refractivity contribution in [1.29, 1.82) is 0 Å². The van der Waals surface area contributed by atoms with E-state index in [9.17, 15) is 9.90 Å². The van der Waals surface area contributed by atoms with E-state index in [1.807, 2.05) is 0 Å². The Balaban J connectivity index is 0. The largest absolute Gasteiger partial charge is 1.00 e. The topological polar surface area (TPSA) is 43.4 Å². The first-order chi connectivity index (χ1) is 12.1. The zero-order chi connectivity index (χ0) is 18.8. The summed E-state index contributed by atoms with van der Waals surface area (Å²) in [6, 6.07) is 0.491. The van der Waals surface area contributed by atoms with Gasteiger partial charge in [0.15, 0.2) is 0 Å². The number of carboxylic acids is 1. The Bertz CT molecular complexity index is 284. The number of unbranched alkanes of at least 4 members (excludes halogenated alkanes) is 10. The molecular weight excluding hydrogens is 317 g/mol. The van der Waals surface area contributed by atoms with Crippen LogP contribution in [0.15, 0.2) is 0 Å². The van der Waals surface area contributed by atoms with Crippen LogP contribution in [0.3, 0.4) is 0 Å². The van der Waals surface area contributed by atoms with Crippen LogP contribution in [-0.2, 0) is 4.79 Å². The smallest absolute Gasteiger partial charge is 0.550 e. The van der Waals surface area contributed by atoms with E-state index in [2.05, 4.69) is 25.7 Å². The molecule has 0 aromatic carbocycles. The zero-order valence-corrected chi connectivity index (χ0v) is 18.4. The molecule has 0 saturated carbocycles. The minimum Gasteiger partial charge on any atom is -0.550 e. The molecule has 0 heterocycles. The molecule has 0 fully saturated rings. The summed E-state index contributed by atoms with van der Waals surface area (Å²) in [6.45, 7) is 9.14. The second-order valence-corrected chi connectivity index (χ2v) is 7.68. The normalized spacial score (nSPS) is 12.2. The molecule has 0 N–H and O–H groups in total. The molecule has 0 aromatic rings. The van der Waals surface area contributed by atoms with Gasteiger partial charge in [0.25, 0.3) is 0 Å². The molecular formula is C22H44LiNO2. The summed E-state index contributed by atoms with van der Waals surface area (Å²) in [5.41, 5.74) is 0. The maximum Gasteiger partial charge on any atom is 1.00 e. The van der Waals surface area contributed by atoms with E-state index in [0.29, 0.717) is 6.04 Å². The predicted octanol–water partition coefficient (Wildman–Crippen LogP) is 2.32. The zero-order valence-electron chi connectivity index (χ0n) is 18.4. The van der Waals surface area contributed by atoms with Gasteiger partial charge in [-0.05, 0) is 52.1 Å². The monoisotopic (exact) mass is 361 g/mol. The molecule has 1 atom stereocenters. The molecule has 0 spiro atoms. The average Bonchev–Trinajstić information content (AvgIpc) is 2.58.